The van der Waals surface area contributed by atoms with Gasteiger partial charge in [0.05, 0.1) is 12.0 Å². The van der Waals surface area contributed by atoms with Gasteiger partial charge in [0.1, 0.15) is 0 Å². The fourth-order valence-electron chi connectivity index (χ4n) is 2.68. The molecule has 1 aliphatic heterocycles. The molecular weight excluding hydrogens is 226 g/mol. The smallest absolute Gasteiger partial charge is 0.0951 e. The number of rotatable bonds is 5. The van der Waals surface area contributed by atoms with E-state index in [-0.39, 0.29) is 0 Å². The zero-order valence-corrected chi connectivity index (χ0v) is 11.2. The van der Waals surface area contributed by atoms with Crippen LogP contribution in [-0.2, 0) is 11.3 Å². The molecule has 0 amide bonds. The normalized spacial score (nSPS) is 23.2. The number of imidazole rings is 1. The standard InChI is InChI=1S/C14H23N3O/c1-14(4-6-18-7-5-14)10-15-8-13-9-16-11-17(13)12-2-3-12/h9,11-12,15H,2-8,10H2,1H3. The molecule has 1 N–H and O–H groups in total. The Hall–Kier alpha value is -0.870. The van der Waals surface area contributed by atoms with Crippen LogP contribution in [0.3, 0.4) is 0 Å². The lowest BCUT2D eigenvalue weighted by Crippen LogP contribution is -2.36. The Bertz CT molecular complexity index is 391. The Kier molecular flexibility index (Phi) is 3.39. The minimum atomic E-state index is 0.405. The minimum Gasteiger partial charge on any atom is -0.381 e. The average Bonchev–Trinajstić information content (AvgIpc) is 3.11. The number of aromatic nitrogens is 2. The summed E-state index contributed by atoms with van der Waals surface area (Å²) in [6.07, 6.45) is 8.95. The summed E-state index contributed by atoms with van der Waals surface area (Å²) in [7, 11) is 0. The Morgan fingerprint density at radius 2 is 2.22 bits per heavy atom. The van der Waals surface area contributed by atoms with Crippen molar-refractivity contribution in [1.29, 1.82) is 0 Å². The maximum absolute atomic E-state index is 5.43. The first-order valence-electron chi connectivity index (χ1n) is 7.06. The van der Waals surface area contributed by atoms with Crippen molar-refractivity contribution in [2.24, 2.45) is 5.41 Å². The lowest BCUT2D eigenvalue weighted by atomic mass is 9.82. The summed E-state index contributed by atoms with van der Waals surface area (Å²) in [5.74, 6) is 0. The fourth-order valence-corrected chi connectivity index (χ4v) is 2.68. The van der Waals surface area contributed by atoms with Crippen molar-refractivity contribution >= 4 is 0 Å². The monoisotopic (exact) mass is 249 g/mol. The van der Waals surface area contributed by atoms with E-state index < -0.39 is 0 Å². The highest BCUT2D eigenvalue weighted by molar-refractivity contribution is 5.03. The van der Waals surface area contributed by atoms with Gasteiger partial charge in [0.2, 0.25) is 0 Å². The summed E-state index contributed by atoms with van der Waals surface area (Å²) in [6.45, 7) is 6.20. The van der Waals surface area contributed by atoms with E-state index in [1.807, 2.05) is 12.5 Å². The molecule has 0 unspecified atom stereocenters. The van der Waals surface area contributed by atoms with Crippen molar-refractivity contribution < 1.29 is 4.74 Å². The Morgan fingerprint density at radius 1 is 1.44 bits per heavy atom. The van der Waals surface area contributed by atoms with Crippen LogP contribution in [0.4, 0.5) is 0 Å². The van der Waals surface area contributed by atoms with E-state index in [1.165, 1.54) is 31.4 Å². The lowest BCUT2D eigenvalue weighted by Gasteiger charge is -2.33. The van der Waals surface area contributed by atoms with Gasteiger partial charge < -0.3 is 14.6 Å². The van der Waals surface area contributed by atoms with Gasteiger partial charge in [-0.25, -0.2) is 4.98 Å². The summed E-state index contributed by atoms with van der Waals surface area (Å²) in [4.78, 5) is 4.27. The van der Waals surface area contributed by atoms with Crippen molar-refractivity contribution in [2.45, 2.75) is 45.2 Å². The van der Waals surface area contributed by atoms with Crippen LogP contribution in [0.25, 0.3) is 0 Å². The third kappa shape index (κ3) is 2.75. The molecule has 0 bridgehead atoms. The highest BCUT2D eigenvalue weighted by Crippen LogP contribution is 2.35. The largest absolute Gasteiger partial charge is 0.381 e. The molecule has 0 atom stereocenters. The van der Waals surface area contributed by atoms with E-state index in [1.54, 1.807) is 0 Å². The predicted octanol–water partition coefficient (Wildman–Crippen LogP) is 2.12. The molecule has 1 aromatic rings. The number of nitrogens with one attached hydrogen (secondary N) is 1. The molecule has 0 aromatic carbocycles. The molecule has 1 aliphatic carbocycles. The van der Waals surface area contributed by atoms with Crippen LogP contribution in [0.5, 0.6) is 0 Å². The van der Waals surface area contributed by atoms with Crippen LogP contribution in [-0.4, -0.2) is 29.3 Å². The van der Waals surface area contributed by atoms with Gasteiger partial charge in [0.15, 0.2) is 0 Å². The molecule has 4 heteroatoms. The van der Waals surface area contributed by atoms with Crippen LogP contribution in [0, 0.1) is 5.41 Å². The zero-order valence-electron chi connectivity index (χ0n) is 11.2. The molecule has 100 valence electrons. The van der Waals surface area contributed by atoms with Gasteiger partial charge in [-0.1, -0.05) is 6.92 Å². The molecule has 2 fully saturated rings. The number of hydrogen-bond acceptors (Lipinski definition) is 3. The van der Waals surface area contributed by atoms with Gasteiger partial charge in [-0.3, -0.25) is 0 Å². The summed E-state index contributed by atoms with van der Waals surface area (Å²) < 4.78 is 7.77. The van der Waals surface area contributed by atoms with E-state index in [4.69, 9.17) is 4.74 Å². The van der Waals surface area contributed by atoms with Gasteiger partial charge >= 0.3 is 0 Å². The van der Waals surface area contributed by atoms with Crippen molar-refractivity contribution in [1.82, 2.24) is 14.9 Å². The van der Waals surface area contributed by atoms with Gasteiger partial charge in [-0.2, -0.15) is 0 Å². The molecular formula is C14H23N3O. The lowest BCUT2D eigenvalue weighted by molar-refractivity contribution is 0.0239. The molecule has 2 aliphatic rings. The average molecular weight is 249 g/mol. The van der Waals surface area contributed by atoms with Crippen molar-refractivity contribution in [3.8, 4) is 0 Å². The van der Waals surface area contributed by atoms with Crippen LogP contribution in [0.15, 0.2) is 12.5 Å². The van der Waals surface area contributed by atoms with Crippen LogP contribution in [0.1, 0.15) is 44.3 Å². The van der Waals surface area contributed by atoms with Gasteiger partial charge in [-0.05, 0) is 31.1 Å². The fraction of sp³-hybridized carbons (Fsp3) is 0.786. The minimum absolute atomic E-state index is 0.405. The maximum Gasteiger partial charge on any atom is 0.0951 e. The zero-order chi connectivity index (χ0) is 12.4. The van der Waals surface area contributed by atoms with Crippen LogP contribution >= 0.6 is 0 Å². The molecule has 0 radical (unpaired) electrons. The maximum atomic E-state index is 5.43. The second-order valence-corrected chi connectivity index (χ2v) is 6.05. The topological polar surface area (TPSA) is 39.1 Å². The first-order chi connectivity index (χ1) is 8.77. The predicted molar refractivity (Wildman–Crippen MR) is 70.4 cm³/mol. The second-order valence-electron chi connectivity index (χ2n) is 6.05. The molecule has 2 heterocycles. The first-order valence-corrected chi connectivity index (χ1v) is 7.06. The van der Waals surface area contributed by atoms with E-state index in [9.17, 15) is 0 Å². The molecule has 1 saturated carbocycles. The number of nitrogens with zero attached hydrogens (tertiary/aromatic N) is 2. The Labute approximate surface area is 109 Å². The third-order valence-electron chi connectivity index (χ3n) is 4.24. The van der Waals surface area contributed by atoms with Crippen LogP contribution in [0.2, 0.25) is 0 Å². The first kappa shape index (κ1) is 12.2. The van der Waals surface area contributed by atoms with Crippen molar-refractivity contribution in [3.63, 3.8) is 0 Å². The van der Waals surface area contributed by atoms with Gasteiger partial charge in [0, 0.05) is 38.5 Å². The van der Waals surface area contributed by atoms with E-state index in [0.29, 0.717) is 5.41 Å². The molecule has 3 rings (SSSR count). The molecule has 18 heavy (non-hydrogen) atoms. The van der Waals surface area contributed by atoms with Gasteiger partial charge in [0.25, 0.3) is 0 Å². The number of hydrogen-bond donors (Lipinski definition) is 1. The van der Waals surface area contributed by atoms with E-state index in [0.717, 1.165) is 32.3 Å². The molecule has 0 spiro atoms. The van der Waals surface area contributed by atoms with Crippen LogP contribution < -0.4 is 5.32 Å². The van der Waals surface area contributed by atoms with Gasteiger partial charge in [-0.15, -0.1) is 0 Å². The Morgan fingerprint density at radius 3 is 2.94 bits per heavy atom. The van der Waals surface area contributed by atoms with E-state index >= 15 is 0 Å². The molecule has 1 aromatic heterocycles. The summed E-state index contributed by atoms with van der Waals surface area (Å²) in [5, 5.41) is 3.60. The van der Waals surface area contributed by atoms with Crippen molar-refractivity contribution in [3.05, 3.63) is 18.2 Å². The highest BCUT2D eigenvalue weighted by Gasteiger charge is 2.28. The SMILES string of the molecule is CC1(CNCc2cncn2C2CC2)CCOCC1. The van der Waals surface area contributed by atoms with Crippen molar-refractivity contribution in [2.75, 3.05) is 19.8 Å². The molecule has 4 nitrogen and oxygen atoms in total. The second kappa shape index (κ2) is 5.02. The molecule has 1 saturated heterocycles. The number of ether oxygens (including phenoxy) is 1. The summed E-state index contributed by atoms with van der Waals surface area (Å²) >= 11 is 0. The van der Waals surface area contributed by atoms with E-state index in [2.05, 4.69) is 21.8 Å². The summed E-state index contributed by atoms with van der Waals surface area (Å²) in [5.41, 5.74) is 1.73. The Balaban J connectivity index is 1.50. The third-order valence-corrected chi connectivity index (χ3v) is 4.24. The highest BCUT2D eigenvalue weighted by atomic mass is 16.5. The quantitative estimate of drug-likeness (QED) is 0.869. The summed E-state index contributed by atoms with van der Waals surface area (Å²) in [6, 6.07) is 0.725.